The number of para-hydroxylation sites is 1. The average molecular weight is 417 g/mol. The van der Waals surface area contributed by atoms with Gasteiger partial charge in [-0.3, -0.25) is 9.89 Å². The first-order valence-electron chi connectivity index (χ1n) is 8.71. The fourth-order valence-corrected chi connectivity index (χ4v) is 3.32. The van der Waals surface area contributed by atoms with Gasteiger partial charge in [-0.15, -0.1) is 5.10 Å². The fourth-order valence-electron chi connectivity index (χ4n) is 2.58. The van der Waals surface area contributed by atoms with Crippen LogP contribution in [0.3, 0.4) is 0 Å². The van der Waals surface area contributed by atoms with E-state index in [4.69, 9.17) is 16.3 Å². The maximum absolute atomic E-state index is 12.2. The number of benzene rings is 2. The van der Waals surface area contributed by atoms with E-state index in [0.29, 0.717) is 21.8 Å². The number of nitrogens with one attached hydrogen (secondary N) is 2. The summed E-state index contributed by atoms with van der Waals surface area (Å²) in [5.74, 6) is 1.43. The number of H-pyrrole nitrogens is 1. The average Bonchev–Trinajstić information content (AvgIpc) is 3.12. The number of carbonyl (C=O) groups excluding carboxylic acids is 1. The monoisotopic (exact) mass is 416 g/mol. The Morgan fingerprint density at radius 2 is 1.93 bits per heavy atom. The Balaban J connectivity index is 1.50. The van der Waals surface area contributed by atoms with Crippen LogP contribution in [0.1, 0.15) is 22.5 Å². The Bertz CT molecular complexity index is 970. The minimum absolute atomic E-state index is 0.0957. The van der Waals surface area contributed by atoms with Gasteiger partial charge in [0.25, 0.3) is 0 Å². The lowest BCUT2D eigenvalue weighted by Crippen LogP contribution is -2.15. The summed E-state index contributed by atoms with van der Waals surface area (Å²) in [7, 11) is 0. The molecule has 0 atom stereocenters. The van der Waals surface area contributed by atoms with Crippen molar-refractivity contribution in [3.8, 4) is 5.75 Å². The fraction of sp³-hybridized carbons (Fsp3) is 0.250. The van der Waals surface area contributed by atoms with Crippen LogP contribution < -0.4 is 10.1 Å². The highest BCUT2D eigenvalue weighted by Gasteiger charge is 2.11. The number of hydrogen-bond donors (Lipinski definition) is 2. The van der Waals surface area contributed by atoms with Crippen molar-refractivity contribution >= 4 is 35.0 Å². The number of rotatable bonds is 7. The van der Waals surface area contributed by atoms with Crippen LogP contribution in [0.15, 0.2) is 41.6 Å². The molecule has 0 saturated carbocycles. The van der Waals surface area contributed by atoms with E-state index in [-0.39, 0.29) is 18.3 Å². The van der Waals surface area contributed by atoms with Crippen molar-refractivity contribution < 1.29 is 9.53 Å². The zero-order chi connectivity index (χ0) is 20.1. The number of aromatic amines is 1. The number of carbonyl (C=O) groups is 1. The summed E-state index contributed by atoms with van der Waals surface area (Å²) in [5.41, 5.74) is 3.87. The molecule has 2 aromatic carbocycles. The zero-order valence-corrected chi connectivity index (χ0v) is 17.4. The van der Waals surface area contributed by atoms with Crippen molar-refractivity contribution in [2.24, 2.45) is 0 Å². The van der Waals surface area contributed by atoms with Gasteiger partial charge in [-0.25, -0.2) is 4.98 Å². The Kier molecular flexibility index (Phi) is 6.59. The number of anilines is 1. The molecule has 28 heavy (non-hydrogen) atoms. The lowest BCUT2D eigenvalue weighted by atomic mass is 10.1. The van der Waals surface area contributed by atoms with Crippen LogP contribution in [0, 0.1) is 20.8 Å². The Labute approximate surface area is 173 Å². The predicted octanol–water partition coefficient (Wildman–Crippen LogP) is 4.69. The molecule has 0 bridgehead atoms. The van der Waals surface area contributed by atoms with Crippen molar-refractivity contribution in [2.75, 3.05) is 11.1 Å². The van der Waals surface area contributed by atoms with Crippen LogP contribution >= 0.6 is 23.4 Å². The molecule has 0 aliphatic heterocycles. The maximum Gasteiger partial charge on any atom is 0.234 e. The molecule has 3 rings (SSSR count). The molecule has 146 valence electrons. The van der Waals surface area contributed by atoms with Gasteiger partial charge < -0.3 is 10.1 Å². The molecule has 0 aliphatic rings. The summed E-state index contributed by atoms with van der Waals surface area (Å²) >= 11 is 7.28. The van der Waals surface area contributed by atoms with Gasteiger partial charge in [-0.2, -0.15) is 0 Å². The molecule has 0 fully saturated rings. The van der Waals surface area contributed by atoms with E-state index in [1.165, 1.54) is 11.8 Å². The summed E-state index contributed by atoms with van der Waals surface area (Å²) in [6.07, 6.45) is 0. The van der Waals surface area contributed by atoms with Crippen LogP contribution in [0.2, 0.25) is 5.02 Å². The van der Waals surface area contributed by atoms with Crippen molar-refractivity contribution in [1.82, 2.24) is 15.2 Å². The topological polar surface area (TPSA) is 79.9 Å². The predicted molar refractivity (Wildman–Crippen MR) is 112 cm³/mol. The van der Waals surface area contributed by atoms with Crippen LogP contribution in [-0.2, 0) is 11.4 Å². The number of hydrogen-bond acceptors (Lipinski definition) is 5. The molecular weight excluding hydrogens is 396 g/mol. The quantitative estimate of drug-likeness (QED) is 0.546. The highest BCUT2D eigenvalue weighted by molar-refractivity contribution is 7.99. The molecule has 1 aromatic heterocycles. The minimum Gasteiger partial charge on any atom is -0.486 e. The van der Waals surface area contributed by atoms with Gasteiger partial charge in [0.1, 0.15) is 12.4 Å². The smallest absolute Gasteiger partial charge is 0.234 e. The molecule has 0 saturated heterocycles. The van der Waals surface area contributed by atoms with Crippen LogP contribution in [0.25, 0.3) is 0 Å². The maximum atomic E-state index is 12.2. The van der Waals surface area contributed by atoms with Crippen LogP contribution in [-0.4, -0.2) is 26.8 Å². The number of nitrogens with zero attached hydrogens (tertiary/aromatic N) is 2. The van der Waals surface area contributed by atoms with Gasteiger partial charge in [0.05, 0.1) is 5.75 Å². The molecule has 1 heterocycles. The standard InChI is InChI=1S/C20H21ClN4O2S/c1-12-5-4-6-13(2)19(12)23-18(26)11-28-20-22-17(24-25-20)10-27-15-7-8-16(21)14(3)9-15/h4-9H,10-11H2,1-3H3,(H,23,26)(H,22,24,25). The lowest BCUT2D eigenvalue weighted by Gasteiger charge is -2.10. The van der Waals surface area contributed by atoms with Crippen molar-refractivity contribution in [1.29, 1.82) is 0 Å². The van der Waals surface area contributed by atoms with Gasteiger partial charge >= 0.3 is 0 Å². The van der Waals surface area contributed by atoms with E-state index in [1.54, 1.807) is 12.1 Å². The normalized spacial score (nSPS) is 10.7. The summed E-state index contributed by atoms with van der Waals surface area (Å²) in [4.78, 5) is 16.6. The molecule has 0 radical (unpaired) electrons. The summed E-state index contributed by atoms with van der Waals surface area (Å²) in [6.45, 7) is 6.12. The second kappa shape index (κ2) is 9.12. The lowest BCUT2D eigenvalue weighted by molar-refractivity contribution is -0.113. The van der Waals surface area contributed by atoms with Crippen molar-refractivity contribution in [2.45, 2.75) is 32.5 Å². The Hall–Kier alpha value is -2.51. The summed E-state index contributed by atoms with van der Waals surface area (Å²) < 4.78 is 5.69. The number of amides is 1. The van der Waals surface area contributed by atoms with E-state index in [9.17, 15) is 4.79 Å². The number of aromatic nitrogens is 3. The largest absolute Gasteiger partial charge is 0.486 e. The molecule has 2 N–H and O–H groups in total. The third kappa shape index (κ3) is 5.27. The highest BCUT2D eigenvalue weighted by Crippen LogP contribution is 2.22. The van der Waals surface area contributed by atoms with Gasteiger partial charge in [0, 0.05) is 10.7 Å². The zero-order valence-electron chi connectivity index (χ0n) is 15.9. The Morgan fingerprint density at radius 3 is 2.64 bits per heavy atom. The Morgan fingerprint density at radius 1 is 1.18 bits per heavy atom. The molecule has 6 nitrogen and oxygen atoms in total. The van der Waals surface area contributed by atoms with E-state index < -0.39 is 0 Å². The summed E-state index contributed by atoms with van der Waals surface area (Å²) in [5, 5.41) is 11.1. The second-order valence-corrected chi connectivity index (χ2v) is 7.72. The third-order valence-electron chi connectivity index (χ3n) is 4.09. The summed E-state index contributed by atoms with van der Waals surface area (Å²) in [6, 6.07) is 11.4. The number of ether oxygens (including phenoxy) is 1. The first kappa shape index (κ1) is 20.2. The van der Waals surface area contributed by atoms with E-state index in [0.717, 1.165) is 22.4 Å². The van der Waals surface area contributed by atoms with Gasteiger partial charge in [0.15, 0.2) is 5.82 Å². The van der Waals surface area contributed by atoms with Gasteiger partial charge in [-0.1, -0.05) is 41.6 Å². The van der Waals surface area contributed by atoms with E-state index in [1.807, 2.05) is 45.0 Å². The number of aryl methyl sites for hydroxylation is 3. The number of thioether (sulfide) groups is 1. The molecule has 0 unspecified atom stereocenters. The van der Waals surface area contributed by atoms with Crippen LogP contribution in [0.5, 0.6) is 5.75 Å². The van der Waals surface area contributed by atoms with Crippen molar-refractivity contribution in [3.05, 3.63) is 63.9 Å². The van der Waals surface area contributed by atoms with E-state index >= 15 is 0 Å². The van der Waals surface area contributed by atoms with Gasteiger partial charge in [-0.05, 0) is 55.7 Å². The molecule has 8 heteroatoms. The first-order chi connectivity index (χ1) is 13.4. The molecule has 0 aliphatic carbocycles. The SMILES string of the molecule is Cc1cc(OCc2nc(SCC(=O)Nc3c(C)cccc3C)n[nH]2)ccc1Cl. The molecule has 3 aromatic rings. The van der Waals surface area contributed by atoms with Crippen molar-refractivity contribution in [3.63, 3.8) is 0 Å². The van der Waals surface area contributed by atoms with E-state index in [2.05, 4.69) is 20.5 Å². The minimum atomic E-state index is -0.0957. The number of halogens is 1. The highest BCUT2D eigenvalue weighted by atomic mass is 35.5. The second-order valence-electron chi connectivity index (χ2n) is 6.37. The third-order valence-corrected chi connectivity index (χ3v) is 5.37. The van der Waals surface area contributed by atoms with Crippen LogP contribution in [0.4, 0.5) is 5.69 Å². The molecule has 0 spiro atoms. The van der Waals surface area contributed by atoms with Gasteiger partial charge in [0.2, 0.25) is 11.1 Å². The molecular formula is C20H21ClN4O2S. The first-order valence-corrected chi connectivity index (χ1v) is 10.1. The molecule has 1 amide bonds.